The van der Waals surface area contributed by atoms with Crippen molar-refractivity contribution in [2.24, 2.45) is 5.10 Å². The number of alkyl halides is 6. The lowest BCUT2D eigenvalue weighted by atomic mass is 10.2. The molecule has 0 aromatic carbocycles. The van der Waals surface area contributed by atoms with Crippen LogP contribution in [0.5, 0.6) is 0 Å². The van der Waals surface area contributed by atoms with E-state index in [1.54, 1.807) is 0 Å². The number of nitrogens with zero attached hydrogens (tertiary/aromatic N) is 3. The number of hydrogen-bond donors (Lipinski definition) is 0. The molecule has 0 amide bonds. The van der Waals surface area contributed by atoms with Gasteiger partial charge in [0.05, 0.1) is 0 Å². The van der Waals surface area contributed by atoms with E-state index in [0.717, 1.165) is 13.0 Å². The topological polar surface area (TPSA) is 18.8 Å². The van der Waals surface area contributed by atoms with Crippen LogP contribution in [0.2, 0.25) is 0 Å². The molecule has 0 aliphatic carbocycles. The van der Waals surface area contributed by atoms with Crippen LogP contribution in [0, 0.1) is 0 Å². The Kier molecular flexibility index (Phi) is 7.43. The molecule has 0 aromatic heterocycles. The third-order valence-electron chi connectivity index (χ3n) is 2.71. The Morgan fingerprint density at radius 3 is 2.32 bits per heavy atom. The molecule has 0 saturated carbocycles. The minimum atomic E-state index is -1.83. The number of hydrogen-bond acceptors (Lipinski definition) is 3. The van der Waals surface area contributed by atoms with Crippen molar-refractivity contribution in [3.63, 3.8) is 0 Å². The summed E-state index contributed by atoms with van der Waals surface area (Å²) in [6, 6.07) is 0. The maximum atomic E-state index is 6.14. The fraction of sp³-hybridized carbons (Fsp3) is 0.900. The maximum absolute atomic E-state index is 6.14. The monoisotopic (exact) mass is 479 g/mol. The van der Waals surface area contributed by atoms with E-state index in [0.29, 0.717) is 0 Å². The molecule has 1 rings (SSSR count). The normalized spacial score (nSPS) is 20.5. The molecule has 1 atom stereocenters. The summed E-state index contributed by atoms with van der Waals surface area (Å²) in [7, 11) is 0. The minimum absolute atomic E-state index is 0.176. The zero-order chi connectivity index (χ0) is 14.7. The highest BCUT2D eigenvalue weighted by Crippen LogP contribution is 2.49. The third kappa shape index (κ3) is 4.71. The van der Waals surface area contributed by atoms with Crippen LogP contribution in [0.15, 0.2) is 5.10 Å². The first-order chi connectivity index (χ1) is 8.71. The average molecular weight is 481 g/mol. The quantitative estimate of drug-likeness (QED) is 0.221. The molecule has 9 heteroatoms. The van der Waals surface area contributed by atoms with Gasteiger partial charge >= 0.3 is 0 Å². The third-order valence-corrected chi connectivity index (χ3v) is 6.31. The zero-order valence-electron chi connectivity index (χ0n) is 10.3. The van der Waals surface area contributed by atoms with E-state index in [1.807, 2.05) is 5.01 Å². The highest BCUT2D eigenvalue weighted by Gasteiger charge is 2.53. The van der Waals surface area contributed by atoms with Crippen LogP contribution in [0.1, 0.15) is 32.6 Å². The van der Waals surface area contributed by atoms with Crippen molar-refractivity contribution in [1.29, 1.82) is 0 Å². The zero-order valence-corrected chi connectivity index (χ0v) is 16.2. The summed E-state index contributed by atoms with van der Waals surface area (Å²) in [4.78, 5) is 1.53. The summed E-state index contributed by atoms with van der Waals surface area (Å²) < 4.78 is -3.67. The van der Waals surface area contributed by atoms with Crippen LogP contribution in [0.3, 0.4) is 0 Å². The van der Waals surface area contributed by atoms with Crippen LogP contribution in [-0.4, -0.2) is 35.2 Å². The fourth-order valence-electron chi connectivity index (χ4n) is 1.59. The van der Waals surface area contributed by atoms with Crippen molar-refractivity contribution in [1.82, 2.24) is 9.91 Å². The Hall–Kier alpha value is 1.45. The molecule has 0 fully saturated rings. The van der Waals surface area contributed by atoms with E-state index in [2.05, 4.69) is 34.6 Å². The number of rotatable bonds is 6. The molecule has 1 aliphatic heterocycles. The largest absolute Gasteiger partial charge is 0.295 e. The Bertz CT molecular complexity index is 321. The van der Waals surface area contributed by atoms with Crippen molar-refractivity contribution in [2.75, 3.05) is 6.54 Å². The van der Waals surface area contributed by atoms with Gasteiger partial charge in [0.25, 0.3) is 0 Å². The van der Waals surface area contributed by atoms with Crippen molar-refractivity contribution in [3.05, 3.63) is 0 Å². The second kappa shape index (κ2) is 7.63. The molecular formula is C10H15Cl5IN3. The van der Waals surface area contributed by atoms with E-state index in [-0.39, 0.29) is 4.17 Å². The maximum Gasteiger partial charge on any atom is 0.241 e. The molecule has 3 nitrogen and oxygen atoms in total. The molecule has 0 aromatic rings. The van der Waals surface area contributed by atoms with Gasteiger partial charge in [-0.05, 0) is 29.0 Å². The number of hydrazone groups is 1. The van der Waals surface area contributed by atoms with Crippen LogP contribution in [-0.2, 0) is 0 Å². The predicted molar refractivity (Wildman–Crippen MR) is 93.7 cm³/mol. The van der Waals surface area contributed by atoms with Crippen molar-refractivity contribution in [2.45, 2.75) is 45.0 Å². The van der Waals surface area contributed by atoms with Gasteiger partial charge in [0.15, 0.2) is 4.17 Å². The van der Waals surface area contributed by atoms with Crippen LogP contribution in [0.25, 0.3) is 0 Å². The lowest BCUT2D eigenvalue weighted by molar-refractivity contribution is 0.195. The van der Waals surface area contributed by atoms with Gasteiger partial charge < -0.3 is 0 Å². The fourth-order valence-corrected chi connectivity index (χ4v) is 3.47. The molecule has 1 aliphatic rings. The van der Waals surface area contributed by atoms with Gasteiger partial charge in [-0.3, -0.25) is 9.91 Å². The summed E-state index contributed by atoms with van der Waals surface area (Å²) in [5.41, 5.74) is 0. The van der Waals surface area contributed by atoms with Gasteiger partial charge in [-0.15, -0.1) is 0 Å². The highest BCUT2D eigenvalue weighted by atomic mass is 127. The number of halogens is 6. The second-order valence-electron chi connectivity index (χ2n) is 4.21. The van der Waals surface area contributed by atoms with Crippen LogP contribution >= 0.6 is 80.6 Å². The Labute approximate surface area is 152 Å². The molecule has 0 bridgehead atoms. The number of unbranched alkanes of at least 4 members (excludes halogenated alkanes) is 3. The molecule has 112 valence electrons. The molecule has 0 N–H and O–H groups in total. The van der Waals surface area contributed by atoms with Gasteiger partial charge in [0, 0.05) is 6.54 Å². The van der Waals surface area contributed by atoms with E-state index in [9.17, 15) is 0 Å². The van der Waals surface area contributed by atoms with Crippen molar-refractivity contribution >= 4 is 86.9 Å². The molecule has 0 radical (unpaired) electrons. The Balaban J connectivity index is 2.56. The first-order valence-corrected chi connectivity index (χ1v) is 9.03. The van der Waals surface area contributed by atoms with E-state index >= 15 is 0 Å². The smallest absolute Gasteiger partial charge is 0.241 e. The van der Waals surface area contributed by atoms with Gasteiger partial charge in [-0.2, -0.15) is 5.10 Å². The standard InChI is InChI=1S/C10H15Cl5IN3/c1-2-3-4-5-6-19-8(16)18(7-17-19)10(14,15)9(11,12)13/h7-8H,2-6H2,1H3. The van der Waals surface area contributed by atoms with Gasteiger partial charge in [-0.1, -0.05) is 84.2 Å². The lowest BCUT2D eigenvalue weighted by Crippen LogP contribution is -2.52. The first-order valence-electron chi connectivity index (χ1n) is 5.89. The molecular weight excluding hydrogens is 466 g/mol. The van der Waals surface area contributed by atoms with Gasteiger partial charge in [0.2, 0.25) is 8.25 Å². The van der Waals surface area contributed by atoms with E-state index in [1.165, 1.54) is 30.5 Å². The van der Waals surface area contributed by atoms with E-state index < -0.39 is 8.25 Å². The van der Waals surface area contributed by atoms with Gasteiger partial charge in [-0.25, -0.2) is 0 Å². The SMILES string of the molecule is CCCCCCN1N=CN(C(Cl)(Cl)C(Cl)(Cl)Cl)C1I. The van der Waals surface area contributed by atoms with Gasteiger partial charge in [0.1, 0.15) is 6.34 Å². The predicted octanol–water partition coefficient (Wildman–Crippen LogP) is 5.35. The molecule has 0 saturated heterocycles. The molecule has 19 heavy (non-hydrogen) atoms. The summed E-state index contributed by atoms with van der Waals surface area (Å²) in [6.07, 6.45) is 6.16. The first kappa shape index (κ1) is 18.5. The highest BCUT2D eigenvalue weighted by molar-refractivity contribution is 14.1. The molecule has 0 spiro atoms. The molecule has 1 heterocycles. The summed E-state index contributed by atoms with van der Waals surface area (Å²) in [6.45, 7) is 3.00. The van der Waals surface area contributed by atoms with Crippen LogP contribution in [0.4, 0.5) is 0 Å². The van der Waals surface area contributed by atoms with E-state index in [4.69, 9.17) is 58.0 Å². The minimum Gasteiger partial charge on any atom is -0.295 e. The van der Waals surface area contributed by atoms with Crippen molar-refractivity contribution in [3.8, 4) is 0 Å². The van der Waals surface area contributed by atoms with Crippen molar-refractivity contribution < 1.29 is 0 Å². The summed E-state index contributed by atoms with van der Waals surface area (Å²) in [5, 5.41) is 6.14. The second-order valence-corrected chi connectivity index (χ2v) is 8.89. The lowest BCUT2D eigenvalue weighted by Gasteiger charge is -2.38. The summed E-state index contributed by atoms with van der Waals surface area (Å²) >= 11 is 31.9. The summed E-state index contributed by atoms with van der Waals surface area (Å²) in [5.74, 6) is 0. The average Bonchev–Trinajstić information content (AvgIpc) is 2.65. The Morgan fingerprint density at radius 1 is 1.16 bits per heavy atom. The molecule has 1 unspecified atom stereocenters. The van der Waals surface area contributed by atoms with Crippen LogP contribution < -0.4 is 0 Å². The Morgan fingerprint density at radius 2 is 1.79 bits per heavy atom.